The number of ether oxygens (including phenoxy) is 1. The number of benzene rings is 1. The molecule has 0 amide bonds. The van der Waals surface area contributed by atoms with E-state index in [1.54, 1.807) is 0 Å². The molecule has 3 aliphatic rings. The fraction of sp³-hybridized carbons (Fsp3) is 0.778. The van der Waals surface area contributed by atoms with Gasteiger partial charge in [0.1, 0.15) is 0 Å². The van der Waals surface area contributed by atoms with Gasteiger partial charge in [-0.1, -0.05) is 38.7 Å². The van der Waals surface area contributed by atoms with Crippen LogP contribution in [0.1, 0.15) is 89.0 Å². The largest absolute Gasteiger partial charge is 0.490 e. The Morgan fingerprint density at radius 1 is 0.806 bits per heavy atom. The third-order valence-electron chi connectivity index (χ3n) is 9.10. The van der Waals surface area contributed by atoms with Gasteiger partial charge in [-0.25, -0.2) is 4.39 Å². The number of rotatable bonds is 7. The van der Waals surface area contributed by atoms with Crippen LogP contribution in [0.4, 0.5) is 35.1 Å². The van der Waals surface area contributed by atoms with E-state index in [-0.39, 0.29) is 11.5 Å². The van der Waals surface area contributed by atoms with Crippen molar-refractivity contribution < 1.29 is 39.9 Å². The van der Waals surface area contributed by atoms with E-state index in [1.165, 1.54) is 44.6 Å². The van der Waals surface area contributed by atoms with Crippen molar-refractivity contribution >= 4 is 0 Å². The van der Waals surface area contributed by atoms with Gasteiger partial charge in [-0.05, 0) is 80.2 Å². The highest BCUT2D eigenvalue weighted by molar-refractivity contribution is 5.33. The number of halogens is 8. The van der Waals surface area contributed by atoms with Gasteiger partial charge in [-0.3, -0.25) is 0 Å². The summed E-state index contributed by atoms with van der Waals surface area (Å²) in [6.07, 6.45) is -1.26. The fourth-order valence-electron chi connectivity index (χ4n) is 6.81. The van der Waals surface area contributed by atoms with E-state index >= 15 is 0 Å². The molecular formula is C27H34F8O. The lowest BCUT2D eigenvalue weighted by Gasteiger charge is -2.38. The molecule has 204 valence electrons. The molecule has 0 aliphatic heterocycles. The van der Waals surface area contributed by atoms with Crippen molar-refractivity contribution in [2.24, 2.45) is 29.1 Å². The van der Waals surface area contributed by atoms with Crippen LogP contribution in [-0.4, -0.2) is 19.0 Å². The Morgan fingerprint density at radius 3 is 1.86 bits per heavy atom. The molecule has 1 atom stereocenters. The SMILES string of the molecule is CCCC1CCC(C2CCC(c3ccc(OCC4CC4(C(F)(F)F)C(F)(F)F)c(F)c3F)CC2)CC1. The number of hydrogen-bond acceptors (Lipinski definition) is 1. The second-order valence-electron chi connectivity index (χ2n) is 11.1. The first-order valence-corrected chi connectivity index (χ1v) is 13.1. The molecule has 9 heteroatoms. The molecule has 0 bridgehead atoms. The van der Waals surface area contributed by atoms with Crippen molar-refractivity contribution in [3.05, 3.63) is 29.3 Å². The lowest BCUT2D eigenvalue weighted by Crippen LogP contribution is -2.41. The van der Waals surface area contributed by atoms with Crippen LogP contribution in [0.3, 0.4) is 0 Å². The summed E-state index contributed by atoms with van der Waals surface area (Å²) in [4.78, 5) is 0. The number of alkyl halides is 6. The average Bonchev–Trinajstić information content (AvgIpc) is 3.58. The van der Waals surface area contributed by atoms with Crippen molar-refractivity contribution in [3.8, 4) is 5.75 Å². The summed E-state index contributed by atoms with van der Waals surface area (Å²) in [7, 11) is 0. The molecule has 0 spiro atoms. The topological polar surface area (TPSA) is 9.23 Å². The van der Waals surface area contributed by atoms with Crippen LogP contribution in [0.25, 0.3) is 0 Å². The molecule has 0 N–H and O–H groups in total. The van der Waals surface area contributed by atoms with Crippen LogP contribution >= 0.6 is 0 Å². The molecule has 1 nitrogen and oxygen atoms in total. The molecule has 1 aromatic carbocycles. The summed E-state index contributed by atoms with van der Waals surface area (Å²) < 4.78 is 113. The number of hydrogen-bond donors (Lipinski definition) is 0. The second-order valence-corrected chi connectivity index (χ2v) is 11.1. The first-order chi connectivity index (χ1) is 16.9. The van der Waals surface area contributed by atoms with Crippen molar-refractivity contribution in [2.45, 2.75) is 95.8 Å². The Bertz CT molecular complexity index is 878. The van der Waals surface area contributed by atoms with Gasteiger partial charge in [-0.2, -0.15) is 30.7 Å². The highest BCUT2D eigenvalue weighted by Gasteiger charge is 2.83. The van der Waals surface area contributed by atoms with E-state index in [0.29, 0.717) is 11.8 Å². The van der Waals surface area contributed by atoms with Gasteiger partial charge < -0.3 is 4.74 Å². The van der Waals surface area contributed by atoms with Gasteiger partial charge in [0.25, 0.3) is 0 Å². The Labute approximate surface area is 207 Å². The lowest BCUT2D eigenvalue weighted by atomic mass is 9.68. The molecule has 3 fully saturated rings. The van der Waals surface area contributed by atoms with Gasteiger partial charge in [0.15, 0.2) is 17.0 Å². The molecule has 0 aromatic heterocycles. The van der Waals surface area contributed by atoms with Gasteiger partial charge >= 0.3 is 12.4 Å². The minimum atomic E-state index is -5.49. The van der Waals surface area contributed by atoms with Crippen molar-refractivity contribution in [1.82, 2.24) is 0 Å². The zero-order valence-electron chi connectivity index (χ0n) is 20.5. The first kappa shape index (κ1) is 27.5. The molecule has 0 saturated heterocycles. The van der Waals surface area contributed by atoms with E-state index < -0.39 is 54.1 Å². The maximum atomic E-state index is 14.9. The third-order valence-corrected chi connectivity index (χ3v) is 9.10. The predicted octanol–water partition coefficient (Wildman–Crippen LogP) is 9.35. The molecular weight excluding hydrogens is 492 g/mol. The summed E-state index contributed by atoms with van der Waals surface area (Å²) in [5.74, 6) is -3.05. The van der Waals surface area contributed by atoms with Crippen LogP contribution in [0.15, 0.2) is 12.1 Å². The Balaban J connectivity index is 1.32. The first-order valence-electron chi connectivity index (χ1n) is 13.1. The highest BCUT2D eigenvalue weighted by Crippen LogP contribution is 2.70. The highest BCUT2D eigenvalue weighted by atomic mass is 19.4. The lowest BCUT2D eigenvalue weighted by molar-refractivity contribution is -0.306. The standard InChI is InChI=1S/C27H34F8O/c1-2-3-16-4-6-17(7-5-16)18-8-10-19(11-9-18)21-12-13-22(24(29)23(21)28)36-15-20-14-25(20,26(30,31)32)27(33,34)35/h12-13,16-20H,2-11,14-15H2,1H3. The summed E-state index contributed by atoms with van der Waals surface area (Å²) >= 11 is 0. The summed E-state index contributed by atoms with van der Waals surface area (Å²) in [6, 6.07) is 2.49. The van der Waals surface area contributed by atoms with Crippen LogP contribution in [-0.2, 0) is 0 Å². The van der Waals surface area contributed by atoms with E-state index in [1.807, 2.05) is 0 Å². The third kappa shape index (κ3) is 5.22. The van der Waals surface area contributed by atoms with Gasteiger partial charge in [-0.15, -0.1) is 0 Å². The summed E-state index contributed by atoms with van der Waals surface area (Å²) in [5.41, 5.74) is -3.64. The minimum Gasteiger partial charge on any atom is -0.490 e. The van der Waals surface area contributed by atoms with Crippen molar-refractivity contribution in [1.29, 1.82) is 0 Å². The van der Waals surface area contributed by atoms with Crippen molar-refractivity contribution in [3.63, 3.8) is 0 Å². The Kier molecular flexibility index (Phi) is 7.88. The Hall–Kier alpha value is -1.54. The van der Waals surface area contributed by atoms with E-state index in [2.05, 4.69) is 6.92 Å². The van der Waals surface area contributed by atoms with Crippen LogP contribution in [0, 0.1) is 40.7 Å². The molecule has 1 aromatic rings. The van der Waals surface area contributed by atoms with Crippen LogP contribution < -0.4 is 4.74 Å². The molecule has 0 radical (unpaired) electrons. The van der Waals surface area contributed by atoms with Gasteiger partial charge in [0, 0.05) is 5.92 Å². The molecule has 1 unspecified atom stereocenters. The van der Waals surface area contributed by atoms with E-state index in [4.69, 9.17) is 4.74 Å². The fourth-order valence-corrected chi connectivity index (χ4v) is 6.81. The van der Waals surface area contributed by atoms with Gasteiger partial charge in [0.05, 0.1) is 6.61 Å². The zero-order chi connectivity index (χ0) is 26.3. The molecule has 4 rings (SSSR count). The summed E-state index contributed by atoms with van der Waals surface area (Å²) in [5, 5.41) is 0. The normalized spacial score (nSPS) is 30.8. The maximum Gasteiger partial charge on any atom is 0.403 e. The molecule has 3 saturated carbocycles. The Morgan fingerprint density at radius 2 is 1.36 bits per heavy atom. The van der Waals surface area contributed by atoms with Crippen molar-refractivity contribution in [2.75, 3.05) is 6.61 Å². The molecule has 0 heterocycles. The van der Waals surface area contributed by atoms with E-state index in [0.717, 1.165) is 37.7 Å². The minimum absolute atomic E-state index is 0.159. The summed E-state index contributed by atoms with van der Waals surface area (Å²) in [6.45, 7) is 1.23. The molecule has 36 heavy (non-hydrogen) atoms. The zero-order valence-corrected chi connectivity index (χ0v) is 20.5. The second kappa shape index (κ2) is 10.3. The molecule has 3 aliphatic carbocycles. The van der Waals surface area contributed by atoms with E-state index in [9.17, 15) is 35.1 Å². The monoisotopic (exact) mass is 526 g/mol. The maximum absolute atomic E-state index is 14.9. The van der Waals surface area contributed by atoms with Crippen LogP contribution in [0.2, 0.25) is 0 Å². The predicted molar refractivity (Wildman–Crippen MR) is 120 cm³/mol. The van der Waals surface area contributed by atoms with Gasteiger partial charge in [0.2, 0.25) is 5.82 Å². The smallest absolute Gasteiger partial charge is 0.403 e. The average molecular weight is 527 g/mol. The van der Waals surface area contributed by atoms with Crippen LogP contribution in [0.5, 0.6) is 5.75 Å². The quantitative estimate of drug-likeness (QED) is 0.322.